The summed E-state index contributed by atoms with van der Waals surface area (Å²) in [6.45, 7) is 7.81. The van der Waals surface area contributed by atoms with Crippen LogP contribution in [0.3, 0.4) is 0 Å². The summed E-state index contributed by atoms with van der Waals surface area (Å²) in [5.74, 6) is 0.667. The van der Waals surface area contributed by atoms with Gasteiger partial charge in [0.2, 0.25) is 0 Å². The van der Waals surface area contributed by atoms with Crippen LogP contribution in [0.25, 0.3) is 0 Å². The van der Waals surface area contributed by atoms with Crippen LogP contribution in [0.1, 0.15) is 40.5 Å². The molecule has 0 aromatic heterocycles. The first-order chi connectivity index (χ1) is 9.45. The van der Waals surface area contributed by atoms with Crippen molar-refractivity contribution in [1.82, 2.24) is 0 Å². The molecule has 4 nitrogen and oxygen atoms in total. The zero-order chi connectivity index (χ0) is 15.2. The lowest BCUT2D eigenvalue weighted by molar-refractivity contribution is -0.136. The van der Waals surface area contributed by atoms with E-state index in [1.54, 1.807) is 14.0 Å². The molecule has 0 aliphatic heterocycles. The lowest BCUT2D eigenvalue weighted by Gasteiger charge is -2.25. The Kier molecular flexibility index (Phi) is 6.02. The molecule has 1 N–H and O–H groups in total. The fourth-order valence-electron chi connectivity index (χ4n) is 1.59. The molecule has 1 rings (SSSR count). The highest BCUT2D eigenvalue weighted by Gasteiger charge is 2.30. The Morgan fingerprint density at radius 2 is 1.90 bits per heavy atom. The van der Waals surface area contributed by atoms with Gasteiger partial charge in [-0.3, -0.25) is 4.79 Å². The molecule has 0 aliphatic rings. The molecule has 1 aromatic rings. The highest BCUT2D eigenvalue weighted by atomic mass is 16.5. The number of carbonyl (C=O) groups is 1. The number of methoxy groups -OCH3 is 1. The third kappa shape index (κ3) is 4.23. The monoisotopic (exact) mass is 279 g/mol. The second-order valence-corrected chi connectivity index (χ2v) is 5.10. The number of rotatable bonds is 7. The van der Waals surface area contributed by atoms with Crippen LogP contribution < -0.4 is 10.1 Å². The summed E-state index contributed by atoms with van der Waals surface area (Å²) in [4.78, 5) is 12.1. The van der Waals surface area contributed by atoms with Crippen molar-refractivity contribution >= 4 is 11.6 Å². The second-order valence-electron chi connectivity index (χ2n) is 5.10. The van der Waals surface area contributed by atoms with Crippen LogP contribution in [0.5, 0.6) is 5.75 Å². The van der Waals surface area contributed by atoms with Crippen LogP contribution in [0.2, 0.25) is 0 Å². The van der Waals surface area contributed by atoms with E-state index in [0.29, 0.717) is 6.42 Å². The molecule has 0 bridgehead atoms. The average molecular weight is 279 g/mol. The van der Waals surface area contributed by atoms with E-state index >= 15 is 0 Å². The van der Waals surface area contributed by atoms with E-state index in [2.05, 4.69) is 12.2 Å². The molecule has 0 fully saturated rings. The van der Waals surface area contributed by atoms with Crippen molar-refractivity contribution in [2.75, 3.05) is 12.4 Å². The Morgan fingerprint density at radius 1 is 1.30 bits per heavy atom. The van der Waals surface area contributed by atoms with Gasteiger partial charge < -0.3 is 14.8 Å². The summed E-state index contributed by atoms with van der Waals surface area (Å²) < 4.78 is 11.0. The number of carbonyl (C=O) groups excluding carboxylic acids is 1. The SMILES string of the molecule is CC[C@H](C)Oc1ccc(NC(=O)[C@@](C)(CC)OC)cc1. The molecule has 112 valence electrons. The van der Waals surface area contributed by atoms with Gasteiger partial charge >= 0.3 is 0 Å². The van der Waals surface area contributed by atoms with Crippen LogP contribution >= 0.6 is 0 Å². The maximum atomic E-state index is 12.1. The van der Waals surface area contributed by atoms with Crippen molar-refractivity contribution < 1.29 is 14.3 Å². The van der Waals surface area contributed by atoms with Crippen molar-refractivity contribution in [3.8, 4) is 5.75 Å². The molecule has 0 spiro atoms. The summed E-state index contributed by atoms with van der Waals surface area (Å²) in [5, 5.41) is 2.86. The molecule has 1 amide bonds. The molecule has 2 atom stereocenters. The smallest absolute Gasteiger partial charge is 0.256 e. The van der Waals surface area contributed by atoms with Gasteiger partial charge in [0.1, 0.15) is 11.4 Å². The van der Waals surface area contributed by atoms with E-state index < -0.39 is 5.60 Å². The minimum Gasteiger partial charge on any atom is -0.491 e. The maximum Gasteiger partial charge on any atom is 0.256 e. The van der Waals surface area contributed by atoms with Crippen LogP contribution in [-0.2, 0) is 9.53 Å². The molecule has 0 heterocycles. The van der Waals surface area contributed by atoms with Crippen LogP contribution in [-0.4, -0.2) is 24.7 Å². The van der Waals surface area contributed by atoms with Gasteiger partial charge in [-0.05, 0) is 51.0 Å². The number of hydrogen-bond donors (Lipinski definition) is 1. The zero-order valence-electron chi connectivity index (χ0n) is 13.0. The number of amides is 1. The van der Waals surface area contributed by atoms with Crippen LogP contribution in [0, 0.1) is 0 Å². The predicted octanol–water partition coefficient (Wildman–Crippen LogP) is 3.62. The van der Waals surface area contributed by atoms with Gasteiger partial charge in [0.05, 0.1) is 6.10 Å². The molecule has 0 radical (unpaired) electrons. The second kappa shape index (κ2) is 7.29. The van der Waals surface area contributed by atoms with Gasteiger partial charge in [-0.15, -0.1) is 0 Å². The Morgan fingerprint density at radius 3 is 2.35 bits per heavy atom. The first-order valence-corrected chi connectivity index (χ1v) is 7.08. The fourth-order valence-corrected chi connectivity index (χ4v) is 1.59. The molecular formula is C16H25NO3. The van der Waals surface area contributed by atoms with E-state index in [1.165, 1.54) is 0 Å². The van der Waals surface area contributed by atoms with Crippen molar-refractivity contribution in [2.45, 2.75) is 52.2 Å². The summed E-state index contributed by atoms with van der Waals surface area (Å²) in [5.41, 5.74) is -0.0606. The third-order valence-corrected chi connectivity index (χ3v) is 3.63. The number of nitrogens with one attached hydrogen (secondary N) is 1. The van der Waals surface area contributed by atoms with Gasteiger partial charge in [-0.2, -0.15) is 0 Å². The zero-order valence-corrected chi connectivity index (χ0v) is 13.0. The van der Waals surface area contributed by atoms with E-state index in [1.807, 2.05) is 38.1 Å². The Hall–Kier alpha value is -1.55. The van der Waals surface area contributed by atoms with Gasteiger partial charge in [0.25, 0.3) is 5.91 Å². The first-order valence-electron chi connectivity index (χ1n) is 7.08. The molecule has 0 unspecified atom stereocenters. The van der Waals surface area contributed by atoms with Gasteiger partial charge in [0.15, 0.2) is 0 Å². The van der Waals surface area contributed by atoms with Crippen LogP contribution in [0.4, 0.5) is 5.69 Å². The summed E-state index contributed by atoms with van der Waals surface area (Å²) in [6, 6.07) is 7.39. The Bertz CT molecular complexity index is 424. The van der Waals surface area contributed by atoms with Crippen molar-refractivity contribution in [3.63, 3.8) is 0 Å². The van der Waals surface area contributed by atoms with E-state index in [9.17, 15) is 4.79 Å². The van der Waals surface area contributed by atoms with Crippen LogP contribution in [0.15, 0.2) is 24.3 Å². The molecule has 4 heteroatoms. The maximum absolute atomic E-state index is 12.1. The van der Waals surface area contributed by atoms with Gasteiger partial charge in [-0.25, -0.2) is 0 Å². The highest BCUT2D eigenvalue weighted by molar-refractivity contribution is 5.97. The lowest BCUT2D eigenvalue weighted by Crippen LogP contribution is -2.41. The van der Waals surface area contributed by atoms with Crippen molar-refractivity contribution in [2.24, 2.45) is 0 Å². The molecule has 1 aromatic carbocycles. The topological polar surface area (TPSA) is 47.6 Å². The number of anilines is 1. The third-order valence-electron chi connectivity index (χ3n) is 3.63. The summed E-state index contributed by atoms with van der Waals surface area (Å²) >= 11 is 0. The molecule has 0 saturated carbocycles. The Balaban J connectivity index is 2.68. The molecular weight excluding hydrogens is 254 g/mol. The minimum atomic E-state index is -0.800. The van der Waals surface area contributed by atoms with Gasteiger partial charge in [0, 0.05) is 12.8 Å². The molecule has 0 saturated heterocycles. The van der Waals surface area contributed by atoms with Gasteiger partial charge in [-0.1, -0.05) is 13.8 Å². The normalized spacial score (nSPS) is 15.2. The average Bonchev–Trinajstić information content (AvgIpc) is 2.48. The standard InChI is InChI=1S/C16H25NO3/c1-6-12(3)20-14-10-8-13(9-11-14)17-15(18)16(4,7-2)19-5/h8-12H,6-7H2,1-5H3,(H,17,18)/t12-,16+/m0/s1. The Labute approximate surface area is 121 Å². The largest absolute Gasteiger partial charge is 0.491 e. The molecule has 20 heavy (non-hydrogen) atoms. The molecule has 0 aliphatic carbocycles. The highest BCUT2D eigenvalue weighted by Crippen LogP contribution is 2.20. The van der Waals surface area contributed by atoms with Crippen molar-refractivity contribution in [1.29, 1.82) is 0 Å². The minimum absolute atomic E-state index is 0.141. The predicted molar refractivity (Wildman–Crippen MR) is 81.2 cm³/mol. The number of ether oxygens (including phenoxy) is 2. The van der Waals surface area contributed by atoms with E-state index in [4.69, 9.17) is 9.47 Å². The number of benzene rings is 1. The quantitative estimate of drug-likeness (QED) is 0.829. The van der Waals surface area contributed by atoms with Crippen molar-refractivity contribution in [3.05, 3.63) is 24.3 Å². The summed E-state index contributed by atoms with van der Waals surface area (Å²) in [7, 11) is 1.55. The number of hydrogen-bond acceptors (Lipinski definition) is 3. The van der Waals surface area contributed by atoms with E-state index in [0.717, 1.165) is 17.9 Å². The van der Waals surface area contributed by atoms with E-state index in [-0.39, 0.29) is 12.0 Å². The first kappa shape index (κ1) is 16.5. The lowest BCUT2D eigenvalue weighted by atomic mass is 10.0. The summed E-state index contributed by atoms with van der Waals surface area (Å²) in [6.07, 6.45) is 1.76. The fraction of sp³-hybridized carbons (Fsp3) is 0.562.